The molecule has 1 aliphatic heterocycles. The topological polar surface area (TPSA) is 46.2 Å². The Bertz CT molecular complexity index is 230. The Labute approximate surface area is 115 Å². The highest BCUT2D eigenvalue weighted by Crippen LogP contribution is 2.36. The van der Waals surface area contributed by atoms with Crippen molar-refractivity contribution < 1.29 is 23.7 Å². The molecule has 0 aromatic heterocycles. The summed E-state index contributed by atoms with van der Waals surface area (Å²) < 4.78 is 27.6. The van der Waals surface area contributed by atoms with Crippen LogP contribution in [0.1, 0.15) is 32.1 Å². The molecule has 1 saturated heterocycles. The van der Waals surface area contributed by atoms with E-state index in [1.807, 2.05) is 0 Å². The summed E-state index contributed by atoms with van der Waals surface area (Å²) in [5.41, 5.74) is 0. The fourth-order valence-electron chi connectivity index (χ4n) is 2.64. The van der Waals surface area contributed by atoms with Gasteiger partial charge in [-0.25, -0.2) is 0 Å². The summed E-state index contributed by atoms with van der Waals surface area (Å²) in [6, 6.07) is 0. The lowest BCUT2D eigenvalue weighted by Crippen LogP contribution is -2.37. The van der Waals surface area contributed by atoms with Gasteiger partial charge in [-0.05, 0) is 19.3 Å². The standard InChI is InChI=1S/C14H26O5/c1-15-9-10-16-7-2-8-17-13-3-5-14(6-4-13)18-11-12-19-14/h13H,2-12H2,1H3. The highest BCUT2D eigenvalue weighted by Gasteiger charge is 2.40. The van der Waals surface area contributed by atoms with Crippen LogP contribution in [-0.2, 0) is 23.7 Å². The lowest BCUT2D eigenvalue weighted by molar-refractivity contribution is -0.191. The third-order valence-corrected chi connectivity index (χ3v) is 3.73. The molecule has 5 heteroatoms. The van der Waals surface area contributed by atoms with E-state index in [-0.39, 0.29) is 5.79 Å². The van der Waals surface area contributed by atoms with Crippen molar-refractivity contribution in [3.63, 3.8) is 0 Å². The molecule has 1 aliphatic carbocycles. The van der Waals surface area contributed by atoms with E-state index in [4.69, 9.17) is 23.7 Å². The molecule has 0 amide bonds. The highest BCUT2D eigenvalue weighted by molar-refractivity contribution is 4.82. The second-order valence-electron chi connectivity index (χ2n) is 5.14. The van der Waals surface area contributed by atoms with Crippen LogP contribution in [0.25, 0.3) is 0 Å². The van der Waals surface area contributed by atoms with Crippen molar-refractivity contribution in [2.45, 2.75) is 44.0 Å². The summed E-state index contributed by atoms with van der Waals surface area (Å²) in [5.74, 6) is -0.275. The summed E-state index contributed by atoms with van der Waals surface area (Å²) in [5, 5.41) is 0. The number of ether oxygens (including phenoxy) is 5. The van der Waals surface area contributed by atoms with Crippen molar-refractivity contribution in [1.82, 2.24) is 0 Å². The zero-order chi connectivity index (χ0) is 13.4. The number of rotatable bonds is 8. The first-order valence-corrected chi connectivity index (χ1v) is 7.31. The third kappa shape index (κ3) is 5.00. The Morgan fingerprint density at radius 2 is 1.74 bits per heavy atom. The van der Waals surface area contributed by atoms with Gasteiger partial charge in [0.2, 0.25) is 0 Å². The lowest BCUT2D eigenvalue weighted by atomic mass is 9.92. The van der Waals surface area contributed by atoms with Crippen molar-refractivity contribution in [2.24, 2.45) is 0 Å². The second kappa shape index (κ2) is 8.17. The number of hydrogen-bond acceptors (Lipinski definition) is 5. The third-order valence-electron chi connectivity index (χ3n) is 3.73. The van der Waals surface area contributed by atoms with E-state index in [1.165, 1.54) is 0 Å². The first-order valence-electron chi connectivity index (χ1n) is 7.31. The van der Waals surface area contributed by atoms with Crippen LogP contribution in [0.2, 0.25) is 0 Å². The van der Waals surface area contributed by atoms with E-state index in [2.05, 4.69) is 0 Å². The van der Waals surface area contributed by atoms with Crippen LogP contribution in [0, 0.1) is 0 Å². The first kappa shape index (κ1) is 15.2. The molecule has 5 nitrogen and oxygen atoms in total. The summed E-state index contributed by atoms with van der Waals surface area (Å²) >= 11 is 0. The molecule has 0 N–H and O–H groups in total. The molecular formula is C14H26O5. The van der Waals surface area contributed by atoms with Crippen LogP contribution in [-0.4, -0.2) is 58.6 Å². The summed E-state index contributed by atoms with van der Waals surface area (Å²) in [7, 11) is 1.68. The predicted octanol–water partition coefficient (Wildman–Crippen LogP) is 1.74. The van der Waals surface area contributed by atoms with E-state index in [1.54, 1.807) is 7.11 Å². The van der Waals surface area contributed by atoms with E-state index in [0.717, 1.165) is 58.5 Å². The van der Waals surface area contributed by atoms with Gasteiger partial charge in [-0.15, -0.1) is 0 Å². The molecule has 2 fully saturated rings. The van der Waals surface area contributed by atoms with E-state index in [9.17, 15) is 0 Å². The van der Waals surface area contributed by atoms with E-state index >= 15 is 0 Å². The van der Waals surface area contributed by atoms with Crippen LogP contribution < -0.4 is 0 Å². The zero-order valence-corrected chi connectivity index (χ0v) is 11.9. The van der Waals surface area contributed by atoms with Gasteiger partial charge < -0.3 is 23.7 Å². The predicted molar refractivity (Wildman–Crippen MR) is 70.2 cm³/mol. The van der Waals surface area contributed by atoms with Crippen molar-refractivity contribution in [2.75, 3.05) is 46.8 Å². The van der Waals surface area contributed by atoms with E-state index in [0.29, 0.717) is 19.3 Å². The first-order chi connectivity index (χ1) is 9.35. The molecule has 112 valence electrons. The minimum atomic E-state index is -0.275. The molecule has 0 aromatic rings. The van der Waals surface area contributed by atoms with Crippen LogP contribution in [0.3, 0.4) is 0 Å². The summed E-state index contributed by atoms with van der Waals surface area (Å²) in [6.45, 7) is 4.32. The zero-order valence-electron chi connectivity index (χ0n) is 11.9. The molecular weight excluding hydrogens is 248 g/mol. The molecule has 2 rings (SSSR count). The molecule has 0 bridgehead atoms. The van der Waals surface area contributed by atoms with Gasteiger partial charge in [0.1, 0.15) is 0 Å². The maximum absolute atomic E-state index is 5.87. The monoisotopic (exact) mass is 274 g/mol. The van der Waals surface area contributed by atoms with Crippen LogP contribution in [0.15, 0.2) is 0 Å². The Morgan fingerprint density at radius 1 is 1.00 bits per heavy atom. The Morgan fingerprint density at radius 3 is 2.42 bits per heavy atom. The fourth-order valence-corrected chi connectivity index (χ4v) is 2.64. The second-order valence-corrected chi connectivity index (χ2v) is 5.14. The molecule has 1 spiro atoms. The van der Waals surface area contributed by atoms with Gasteiger partial charge in [0, 0.05) is 33.2 Å². The SMILES string of the molecule is COCCOCCCOC1CCC2(CC1)OCCO2. The van der Waals surface area contributed by atoms with Crippen molar-refractivity contribution in [1.29, 1.82) is 0 Å². The molecule has 1 saturated carbocycles. The quantitative estimate of drug-likeness (QED) is 0.631. The van der Waals surface area contributed by atoms with Crippen LogP contribution in [0.5, 0.6) is 0 Å². The minimum Gasteiger partial charge on any atom is -0.382 e. The molecule has 2 aliphatic rings. The number of hydrogen-bond donors (Lipinski definition) is 0. The number of methoxy groups -OCH3 is 1. The average Bonchev–Trinajstić information content (AvgIpc) is 2.89. The van der Waals surface area contributed by atoms with Gasteiger partial charge in [-0.3, -0.25) is 0 Å². The van der Waals surface area contributed by atoms with Gasteiger partial charge in [0.05, 0.1) is 32.5 Å². The molecule has 0 atom stereocenters. The Kier molecular flexibility index (Phi) is 6.53. The average molecular weight is 274 g/mol. The maximum Gasteiger partial charge on any atom is 0.168 e. The van der Waals surface area contributed by atoms with Gasteiger partial charge in [0.25, 0.3) is 0 Å². The van der Waals surface area contributed by atoms with Crippen molar-refractivity contribution >= 4 is 0 Å². The van der Waals surface area contributed by atoms with Crippen molar-refractivity contribution in [3.8, 4) is 0 Å². The normalized spacial score (nSPS) is 23.2. The molecule has 19 heavy (non-hydrogen) atoms. The van der Waals surface area contributed by atoms with Crippen molar-refractivity contribution in [3.05, 3.63) is 0 Å². The largest absolute Gasteiger partial charge is 0.382 e. The lowest BCUT2D eigenvalue weighted by Gasteiger charge is -2.35. The maximum atomic E-state index is 5.87. The Hall–Kier alpha value is -0.200. The molecule has 1 heterocycles. The van der Waals surface area contributed by atoms with Gasteiger partial charge >= 0.3 is 0 Å². The highest BCUT2D eigenvalue weighted by atomic mass is 16.7. The molecule has 0 aromatic carbocycles. The Balaban J connectivity index is 1.47. The van der Waals surface area contributed by atoms with Gasteiger partial charge in [-0.1, -0.05) is 0 Å². The van der Waals surface area contributed by atoms with Crippen LogP contribution in [0.4, 0.5) is 0 Å². The van der Waals surface area contributed by atoms with Gasteiger partial charge in [0.15, 0.2) is 5.79 Å². The smallest absolute Gasteiger partial charge is 0.168 e. The fraction of sp³-hybridized carbons (Fsp3) is 1.00. The van der Waals surface area contributed by atoms with Gasteiger partial charge in [-0.2, -0.15) is 0 Å². The molecule has 0 unspecified atom stereocenters. The summed E-state index contributed by atoms with van der Waals surface area (Å²) in [4.78, 5) is 0. The summed E-state index contributed by atoms with van der Waals surface area (Å²) in [6.07, 6.45) is 5.29. The minimum absolute atomic E-state index is 0.275. The molecule has 0 radical (unpaired) electrons. The van der Waals surface area contributed by atoms with E-state index < -0.39 is 0 Å². The van der Waals surface area contributed by atoms with Crippen LogP contribution >= 0.6 is 0 Å².